The first-order chi connectivity index (χ1) is 7.50. The Morgan fingerprint density at radius 3 is 2.50 bits per heavy atom. The third kappa shape index (κ3) is 1.75. The molecule has 1 aromatic heterocycles. The van der Waals surface area contributed by atoms with Crippen LogP contribution < -0.4 is 0 Å². The maximum atomic E-state index is 11.6. The summed E-state index contributed by atoms with van der Waals surface area (Å²) in [5, 5.41) is 0.998. The highest BCUT2D eigenvalue weighted by Gasteiger charge is 2.34. The van der Waals surface area contributed by atoms with Crippen LogP contribution in [0, 0.1) is 13.8 Å². The van der Waals surface area contributed by atoms with Crippen molar-refractivity contribution in [2.24, 2.45) is 0 Å². The van der Waals surface area contributed by atoms with Gasteiger partial charge < -0.3 is 4.90 Å². The van der Waals surface area contributed by atoms with Crippen LogP contribution in [0.5, 0.6) is 0 Å². The van der Waals surface area contributed by atoms with Gasteiger partial charge in [-0.2, -0.15) is 0 Å². The van der Waals surface area contributed by atoms with Gasteiger partial charge in [0.15, 0.2) is 0 Å². The largest absolute Gasteiger partial charge is 0.328 e. The summed E-state index contributed by atoms with van der Waals surface area (Å²) in [5.74, 6) is -0.622. The molecule has 86 valence electrons. The Hall–Kier alpha value is -1.23. The molecule has 1 amide bonds. The van der Waals surface area contributed by atoms with Crippen molar-refractivity contribution in [2.75, 3.05) is 6.54 Å². The van der Waals surface area contributed by atoms with Gasteiger partial charge >= 0.3 is 0 Å². The van der Waals surface area contributed by atoms with Gasteiger partial charge in [0.05, 0.1) is 16.7 Å². The van der Waals surface area contributed by atoms with E-state index in [0.29, 0.717) is 13.0 Å². The summed E-state index contributed by atoms with van der Waals surface area (Å²) in [5.41, 5.74) is 0.960. The fourth-order valence-electron chi connectivity index (χ4n) is 2.04. The van der Waals surface area contributed by atoms with E-state index in [9.17, 15) is 9.59 Å². The molecule has 2 heterocycles. The second kappa shape index (κ2) is 3.97. The van der Waals surface area contributed by atoms with Gasteiger partial charge in [0.1, 0.15) is 0 Å². The fraction of sp³-hybridized carbons (Fsp3) is 0.545. The van der Waals surface area contributed by atoms with Crippen LogP contribution in [0.25, 0.3) is 0 Å². The van der Waals surface area contributed by atoms with E-state index < -0.39 is 0 Å². The standard InChI is InChI=1S/C11H14N2O2S/c1-6-10(16-8(3)12-6)7(2)13-5-4-9(14)11(13)15/h7H,4-5H2,1-3H3. The van der Waals surface area contributed by atoms with Crippen molar-refractivity contribution in [3.63, 3.8) is 0 Å². The van der Waals surface area contributed by atoms with Gasteiger partial charge in [-0.05, 0) is 20.8 Å². The van der Waals surface area contributed by atoms with Gasteiger partial charge in [0.25, 0.3) is 5.91 Å². The first-order valence-electron chi connectivity index (χ1n) is 5.28. The molecular formula is C11H14N2O2S. The van der Waals surface area contributed by atoms with Crippen LogP contribution in [-0.4, -0.2) is 28.1 Å². The van der Waals surface area contributed by atoms with Crippen molar-refractivity contribution in [1.29, 1.82) is 0 Å². The van der Waals surface area contributed by atoms with E-state index >= 15 is 0 Å². The summed E-state index contributed by atoms with van der Waals surface area (Å²) < 4.78 is 0. The lowest BCUT2D eigenvalue weighted by molar-refractivity contribution is -0.141. The first kappa shape index (κ1) is 11.3. The van der Waals surface area contributed by atoms with Gasteiger partial charge in [0.2, 0.25) is 5.78 Å². The monoisotopic (exact) mass is 238 g/mol. The van der Waals surface area contributed by atoms with Gasteiger partial charge in [-0.3, -0.25) is 9.59 Å². The van der Waals surface area contributed by atoms with Crippen LogP contribution in [0.15, 0.2) is 0 Å². The number of ketones is 1. The van der Waals surface area contributed by atoms with Crippen molar-refractivity contribution in [3.05, 3.63) is 15.6 Å². The molecule has 4 nitrogen and oxygen atoms in total. The Morgan fingerprint density at radius 1 is 1.38 bits per heavy atom. The number of carbonyl (C=O) groups excluding carboxylic acids is 2. The average Bonchev–Trinajstić information content (AvgIpc) is 2.71. The summed E-state index contributed by atoms with van der Waals surface area (Å²) in [6.45, 7) is 6.38. The molecule has 1 atom stereocenters. The number of aromatic nitrogens is 1. The Labute approximate surface area is 98.3 Å². The van der Waals surface area contributed by atoms with Crippen LogP contribution in [0.3, 0.4) is 0 Å². The molecule has 16 heavy (non-hydrogen) atoms. The number of rotatable bonds is 2. The zero-order chi connectivity index (χ0) is 11.9. The summed E-state index contributed by atoms with van der Waals surface area (Å²) in [6.07, 6.45) is 0.347. The van der Waals surface area contributed by atoms with Crippen LogP contribution >= 0.6 is 11.3 Å². The molecule has 0 spiro atoms. The van der Waals surface area contributed by atoms with E-state index in [0.717, 1.165) is 15.6 Å². The maximum absolute atomic E-state index is 11.6. The molecule has 0 aliphatic carbocycles. The number of nitrogens with zero attached hydrogens (tertiary/aromatic N) is 2. The number of likely N-dealkylation sites (tertiary alicyclic amines) is 1. The third-order valence-electron chi connectivity index (χ3n) is 2.87. The molecule has 0 radical (unpaired) electrons. The Kier molecular flexibility index (Phi) is 2.80. The molecule has 1 aliphatic heterocycles. The molecular weight excluding hydrogens is 224 g/mol. The Balaban J connectivity index is 2.26. The predicted molar refractivity (Wildman–Crippen MR) is 61.3 cm³/mol. The van der Waals surface area contributed by atoms with Crippen LogP contribution in [-0.2, 0) is 9.59 Å². The summed E-state index contributed by atoms with van der Waals surface area (Å²) in [7, 11) is 0. The van der Waals surface area contributed by atoms with E-state index in [1.54, 1.807) is 16.2 Å². The van der Waals surface area contributed by atoms with E-state index in [2.05, 4.69) is 4.98 Å². The topological polar surface area (TPSA) is 50.3 Å². The quantitative estimate of drug-likeness (QED) is 0.736. The molecule has 5 heteroatoms. The van der Waals surface area contributed by atoms with Gasteiger partial charge in [-0.25, -0.2) is 4.98 Å². The number of Topliss-reactive ketones (excluding diaryl/α,β-unsaturated/α-hetero) is 1. The highest BCUT2D eigenvalue weighted by atomic mass is 32.1. The summed E-state index contributed by atoms with van der Waals surface area (Å²) in [4.78, 5) is 29.9. The predicted octanol–water partition coefficient (Wildman–Crippen LogP) is 1.62. The number of aryl methyl sites for hydroxylation is 2. The highest BCUT2D eigenvalue weighted by Crippen LogP contribution is 2.30. The van der Waals surface area contributed by atoms with Crippen molar-refractivity contribution in [3.8, 4) is 0 Å². The number of carbonyl (C=O) groups is 2. The van der Waals surface area contributed by atoms with Crippen molar-refractivity contribution >= 4 is 23.0 Å². The minimum absolute atomic E-state index is 0.0369. The molecule has 2 rings (SSSR count). The minimum Gasteiger partial charge on any atom is -0.328 e. The summed E-state index contributed by atoms with van der Waals surface area (Å²) >= 11 is 1.60. The van der Waals surface area contributed by atoms with Gasteiger partial charge in [-0.15, -0.1) is 11.3 Å². The first-order valence-corrected chi connectivity index (χ1v) is 6.10. The zero-order valence-electron chi connectivity index (χ0n) is 9.61. The molecule has 0 saturated carbocycles. The number of amides is 1. The maximum Gasteiger partial charge on any atom is 0.290 e. The van der Waals surface area contributed by atoms with E-state index in [1.165, 1.54) is 0 Å². The smallest absolute Gasteiger partial charge is 0.290 e. The number of hydrogen-bond donors (Lipinski definition) is 0. The lowest BCUT2D eigenvalue weighted by Gasteiger charge is -2.22. The lowest BCUT2D eigenvalue weighted by Crippen LogP contribution is -2.30. The van der Waals surface area contributed by atoms with Crippen molar-refractivity contribution < 1.29 is 9.59 Å². The van der Waals surface area contributed by atoms with Gasteiger partial charge in [-0.1, -0.05) is 0 Å². The molecule has 1 aliphatic rings. The van der Waals surface area contributed by atoms with Crippen molar-refractivity contribution in [1.82, 2.24) is 9.88 Å². The average molecular weight is 238 g/mol. The Morgan fingerprint density at radius 2 is 2.06 bits per heavy atom. The Bertz CT molecular complexity index is 453. The second-order valence-electron chi connectivity index (χ2n) is 4.03. The molecule has 0 N–H and O–H groups in total. The molecule has 1 unspecified atom stereocenters. The van der Waals surface area contributed by atoms with Crippen molar-refractivity contribution in [2.45, 2.75) is 33.2 Å². The number of hydrogen-bond acceptors (Lipinski definition) is 4. The van der Waals surface area contributed by atoms with Crippen LogP contribution in [0.2, 0.25) is 0 Å². The zero-order valence-corrected chi connectivity index (χ0v) is 10.4. The molecule has 1 saturated heterocycles. The third-order valence-corrected chi connectivity index (χ3v) is 4.11. The lowest BCUT2D eigenvalue weighted by atomic mass is 10.2. The summed E-state index contributed by atoms with van der Waals surface area (Å²) in [6, 6.07) is -0.0369. The second-order valence-corrected chi connectivity index (χ2v) is 5.27. The van der Waals surface area contributed by atoms with E-state index in [-0.39, 0.29) is 17.7 Å². The van der Waals surface area contributed by atoms with E-state index in [4.69, 9.17) is 0 Å². The fourth-order valence-corrected chi connectivity index (χ4v) is 3.03. The molecule has 1 fully saturated rings. The molecule has 1 aromatic rings. The van der Waals surface area contributed by atoms with Gasteiger partial charge in [0, 0.05) is 17.8 Å². The van der Waals surface area contributed by atoms with Crippen LogP contribution in [0.1, 0.15) is 35.0 Å². The number of thiazole rings is 1. The van der Waals surface area contributed by atoms with Crippen LogP contribution in [0.4, 0.5) is 0 Å². The highest BCUT2D eigenvalue weighted by molar-refractivity contribution is 7.11. The minimum atomic E-state index is -0.349. The molecule has 0 bridgehead atoms. The molecule has 0 aromatic carbocycles. The normalized spacial score (nSPS) is 18.3. The SMILES string of the molecule is Cc1nc(C)c(C(C)N2CCC(=O)C2=O)s1. The van der Waals surface area contributed by atoms with E-state index in [1.807, 2.05) is 20.8 Å².